The van der Waals surface area contributed by atoms with Gasteiger partial charge in [-0.25, -0.2) is 4.79 Å². The van der Waals surface area contributed by atoms with Crippen LogP contribution < -0.4 is 30.6 Å². The van der Waals surface area contributed by atoms with Gasteiger partial charge in [0.1, 0.15) is 18.5 Å². The Kier molecular flexibility index (Phi) is 8.68. The average Bonchev–Trinajstić information content (AvgIpc) is 3.39. The van der Waals surface area contributed by atoms with Crippen LogP contribution in [0.5, 0.6) is 17.2 Å². The topological polar surface area (TPSA) is 141 Å². The first kappa shape index (κ1) is 26.4. The van der Waals surface area contributed by atoms with Crippen molar-refractivity contribution in [1.82, 2.24) is 0 Å². The van der Waals surface area contributed by atoms with Gasteiger partial charge in [0.25, 0.3) is 0 Å². The first-order chi connectivity index (χ1) is 18.4. The van der Waals surface area contributed by atoms with Crippen LogP contribution in [0.15, 0.2) is 78.9 Å². The molecule has 2 amide bonds. The van der Waals surface area contributed by atoms with Gasteiger partial charge in [-0.2, -0.15) is 0 Å². The summed E-state index contributed by atoms with van der Waals surface area (Å²) in [4.78, 5) is 25.4. The maximum atomic E-state index is 12.9. The molecule has 0 radical (unpaired) electrons. The van der Waals surface area contributed by atoms with E-state index in [2.05, 4.69) is 10.6 Å². The van der Waals surface area contributed by atoms with Crippen LogP contribution in [-0.4, -0.2) is 37.1 Å². The van der Waals surface area contributed by atoms with Gasteiger partial charge in [-0.15, -0.1) is 0 Å². The van der Waals surface area contributed by atoms with Crippen molar-refractivity contribution >= 4 is 29.1 Å². The first-order valence-electron chi connectivity index (χ1n) is 12.0. The average molecular weight is 520 g/mol. The van der Waals surface area contributed by atoms with Crippen LogP contribution in [0.25, 0.3) is 0 Å². The molecule has 0 bridgehead atoms. The largest absolute Gasteiger partial charge is 0.491 e. The fraction of sp³-hybridized carbons (Fsp3) is 0.214. The normalized spacial score (nSPS) is 13.5. The fourth-order valence-electron chi connectivity index (χ4n) is 3.79. The molecular formula is C28H29N3O7. The molecule has 198 valence electrons. The number of nitrogens with one attached hydrogen (secondary N) is 2. The number of carbonyl (C=O) groups excluding carboxylic acids is 2. The van der Waals surface area contributed by atoms with Gasteiger partial charge in [0.05, 0.1) is 18.0 Å². The molecule has 1 heterocycles. The Morgan fingerprint density at radius 3 is 2.68 bits per heavy atom. The highest BCUT2D eigenvalue weighted by Crippen LogP contribution is 2.35. The van der Waals surface area contributed by atoms with Gasteiger partial charge in [0.2, 0.25) is 12.7 Å². The molecule has 0 fully saturated rings. The van der Waals surface area contributed by atoms with Gasteiger partial charge >= 0.3 is 6.09 Å². The molecule has 38 heavy (non-hydrogen) atoms. The van der Waals surface area contributed by atoms with Crippen molar-refractivity contribution in [2.24, 2.45) is 5.92 Å². The van der Waals surface area contributed by atoms with Crippen LogP contribution in [0, 0.1) is 5.92 Å². The summed E-state index contributed by atoms with van der Waals surface area (Å²) in [6.45, 7) is 1.93. The highest BCUT2D eigenvalue weighted by atomic mass is 16.7. The third-order valence-corrected chi connectivity index (χ3v) is 5.65. The third kappa shape index (κ3) is 6.95. The van der Waals surface area contributed by atoms with Gasteiger partial charge < -0.3 is 35.1 Å². The smallest absolute Gasteiger partial charge is 0.412 e. The molecule has 2 atom stereocenters. The highest BCUT2D eigenvalue weighted by molar-refractivity contribution is 6.01. The monoisotopic (exact) mass is 519 g/mol. The van der Waals surface area contributed by atoms with Gasteiger partial charge in [-0.3, -0.25) is 10.1 Å². The number of amides is 2. The molecule has 1 aliphatic heterocycles. The van der Waals surface area contributed by atoms with E-state index in [1.807, 2.05) is 6.92 Å². The number of para-hydroxylation sites is 2. The molecule has 10 heteroatoms. The van der Waals surface area contributed by atoms with Gasteiger partial charge in [0.15, 0.2) is 11.5 Å². The number of ether oxygens (including phenoxy) is 4. The molecule has 0 unspecified atom stereocenters. The summed E-state index contributed by atoms with van der Waals surface area (Å²) in [7, 11) is 0. The quantitative estimate of drug-likeness (QED) is 0.227. The predicted octanol–water partition coefficient (Wildman–Crippen LogP) is 4.49. The van der Waals surface area contributed by atoms with Crippen molar-refractivity contribution in [1.29, 1.82) is 0 Å². The Morgan fingerprint density at radius 2 is 1.87 bits per heavy atom. The maximum Gasteiger partial charge on any atom is 0.412 e. The number of carbonyl (C=O) groups is 2. The highest BCUT2D eigenvalue weighted by Gasteiger charge is 2.24. The Balaban J connectivity index is 1.50. The number of aliphatic hydroxyl groups is 1. The van der Waals surface area contributed by atoms with Gasteiger partial charge in [-0.1, -0.05) is 37.3 Å². The summed E-state index contributed by atoms with van der Waals surface area (Å²) in [5.41, 5.74) is 7.97. The molecule has 3 aromatic carbocycles. The number of rotatable bonds is 10. The number of hydrogen-bond acceptors (Lipinski definition) is 8. The Labute approximate surface area is 220 Å². The number of nitrogens with two attached hydrogens (primary N) is 1. The van der Waals surface area contributed by atoms with E-state index in [9.17, 15) is 9.59 Å². The van der Waals surface area contributed by atoms with Crippen molar-refractivity contribution in [2.75, 3.05) is 36.4 Å². The second kappa shape index (κ2) is 12.5. The summed E-state index contributed by atoms with van der Waals surface area (Å²) in [5, 5.41) is 14.5. The van der Waals surface area contributed by atoms with Crippen molar-refractivity contribution in [3.05, 3.63) is 84.4 Å². The summed E-state index contributed by atoms with van der Waals surface area (Å²) in [5.74, 6) is 0.836. The lowest BCUT2D eigenvalue weighted by molar-refractivity contribution is -0.111. The minimum Gasteiger partial charge on any atom is -0.491 e. The van der Waals surface area contributed by atoms with Crippen molar-refractivity contribution in [2.45, 2.75) is 13.0 Å². The van der Waals surface area contributed by atoms with Crippen LogP contribution >= 0.6 is 0 Å². The van der Waals surface area contributed by atoms with E-state index in [1.165, 1.54) is 6.08 Å². The summed E-state index contributed by atoms with van der Waals surface area (Å²) >= 11 is 0. The lowest BCUT2D eigenvalue weighted by Crippen LogP contribution is -2.21. The zero-order valence-corrected chi connectivity index (χ0v) is 20.8. The SMILES string of the molecule is C[C@H](/C=C/C(=O)Nc1ccccc1N)[C@H](OC(=O)Nc1ccc2c(c1)OCO2)c1cccc(OCCO)c1. The van der Waals surface area contributed by atoms with E-state index in [0.717, 1.165) is 0 Å². The van der Waals surface area contributed by atoms with Crippen molar-refractivity contribution in [3.8, 4) is 17.2 Å². The number of nitrogen functional groups attached to an aromatic ring is 1. The van der Waals surface area contributed by atoms with Crippen molar-refractivity contribution in [3.63, 3.8) is 0 Å². The molecule has 5 N–H and O–H groups in total. The molecule has 0 saturated heterocycles. The molecule has 0 aromatic heterocycles. The number of aliphatic hydroxyl groups excluding tert-OH is 1. The van der Waals surface area contributed by atoms with E-state index in [4.69, 9.17) is 29.8 Å². The minimum absolute atomic E-state index is 0.119. The second-order valence-electron chi connectivity index (χ2n) is 8.46. The fourth-order valence-corrected chi connectivity index (χ4v) is 3.79. The van der Waals surface area contributed by atoms with E-state index >= 15 is 0 Å². The summed E-state index contributed by atoms with van der Waals surface area (Å²) < 4.78 is 22.0. The lowest BCUT2D eigenvalue weighted by atomic mass is 9.96. The van der Waals surface area contributed by atoms with Crippen molar-refractivity contribution < 1.29 is 33.6 Å². The van der Waals surface area contributed by atoms with E-state index in [0.29, 0.717) is 39.9 Å². The maximum absolute atomic E-state index is 12.9. The summed E-state index contributed by atoms with van der Waals surface area (Å²) in [6.07, 6.45) is 1.55. The van der Waals surface area contributed by atoms with Gasteiger partial charge in [0, 0.05) is 17.7 Å². The van der Waals surface area contributed by atoms with Crippen LogP contribution in [0.2, 0.25) is 0 Å². The minimum atomic E-state index is -0.771. The molecule has 3 aromatic rings. The Bertz CT molecular complexity index is 1310. The zero-order chi connectivity index (χ0) is 26.9. The molecular weight excluding hydrogens is 490 g/mol. The predicted molar refractivity (Wildman–Crippen MR) is 142 cm³/mol. The standard InChI is InChI=1S/C28H29N3O7/c1-18(9-12-26(33)31-23-8-3-2-7-22(23)29)27(19-5-4-6-21(15-19)35-14-13-32)38-28(34)30-20-10-11-24-25(16-20)37-17-36-24/h2-12,15-16,18,27,32H,13-14,17,29H2,1H3,(H,30,34)(H,31,33)/b12-9+/t18-,27+/m1/s1. The first-order valence-corrected chi connectivity index (χ1v) is 12.0. The zero-order valence-electron chi connectivity index (χ0n) is 20.8. The summed E-state index contributed by atoms with van der Waals surface area (Å²) in [6, 6.07) is 19.0. The molecule has 0 aliphatic carbocycles. The molecule has 0 saturated carbocycles. The number of benzene rings is 3. The third-order valence-electron chi connectivity index (χ3n) is 5.65. The lowest BCUT2D eigenvalue weighted by Gasteiger charge is -2.23. The molecule has 4 rings (SSSR count). The molecule has 1 aliphatic rings. The Morgan fingerprint density at radius 1 is 1.05 bits per heavy atom. The van der Waals surface area contributed by atoms with E-state index < -0.39 is 18.1 Å². The van der Waals surface area contributed by atoms with Crippen LogP contribution in [0.1, 0.15) is 18.6 Å². The number of fused-ring (bicyclic) bond motifs is 1. The van der Waals surface area contributed by atoms with Gasteiger partial charge in [-0.05, 0) is 48.0 Å². The molecule has 10 nitrogen and oxygen atoms in total. The number of anilines is 3. The van der Waals surface area contributed by atoms with E-state index in [1.54, 1.807) is 72.8 Å². The van der Waals surface area contributed by atoms with E-state index in [-0.39, 0.29) is 25.9 Å². The molecule has 0 spiro atoms. The van der Waals surface area contributed by atoms with Crippen LogP contribution in [0.4, 0.5) is 21.9 Å². The second-order valence-corrected chi connectivity index (χ2v) is 8.46. The Hall–Kier alpha value is -4.70. The number of hydrogen-bond donors (Lipinski definition) is 4. The van der Waals surface area contributed by atoms with Crippen LogP contribution in [0.3, 0.4) is 0 Å². The van der Waals surface area contributed by atoms with Crippen LogP contribution in [-0.2, 0) is 9.53 Å².